The third-order valence-corrected chi connectivity index (χ3v) is 2.80. The maximum atomic E-state index is 11.3. The van der Waals surface area contributed by atoms with Crippen LogP contribution in [-0.4, -0.2) is 40.5 Å². The number of carbonyl (C=O) groups excluding carboxylic acids is 1. The minimum Gasteiger partial charge on any atom is -0.481 e. The van der Waals surface area contributed by atoms with Crippen molar-refractivity contribution in [1.29, 1.82) is 0 Å². The van der Waals surface area contributed by atoms with Crippen LogP contribution in [0.4, 0.5) is 0 Å². The summed E-state index contributed by atoms with van der Waals surface area (Å²) in [6.07, 6.45) is -3.46. The number of esters is 1. The Morgan fingerprint density at radius 1 is 1.37 bits per heavy atom. The van der Waals surface area contributed by atoms with Gasteiger partial charge in [-0.1, -0.05) is 17.7 Å². The molecule has 0 saturated carbocycles. The zero-order chi connectivity index (χ0) is 14.6. The van der Waals surface area contributed by atoms with E-state index in [0.29, 0.717) is 0 Å². The van der Waals surface area contributed by atoms with Crippen molar-refractivity contribution in [2.24, 2.45) is 0 Å². The van der Waals surface area contributed by atoms with Crippen molar-refractivity contribution in [3.8, 4) is 0 Å². The quantitative estimate of drug-likeness (QED) is 0.698. The number of ether oxygens (including phenoxy) is 1. The fraction of sp³-hybridized carbons (Fsp3) is 0.333. The fourth-order valence-electron chi connectivity index (χ4n) is 1.50. The van der Waals surface area contributed by atoms with Gasteiger partial charge >= 0.3 is 11.9 Å². The maximum absolute atomic E-state index is 11.3. The number of methoxy groups -OCH3 is 1. The molecule has 7 heteroatoms. The molecule has 0 amide bonds. The molecule has 1 aromatic carbocycles. The van der Waals surface area contributed by atoms with Crippen LogP contribution >= 0.6 is 11.6 Å². The van der Waals surface area contributed by atoms with Gasteiger partial charge in [0.25, 0.3) is 0 Å². The summed E-state index contributed by atoms with van der Waals surface area (Å²) in [7, 11) is 1.21. The lowest BCUT2D eigenvalue weighted by Crippen LogP contribution is -2.21. The minimum absolute atomic E-state index is 0.0472. The standard InChI is InChI=1S/C12H13ClO6/c1-19-12(18)7-3-2-6(4-8(7)13)11(17)9(14)5-10(15)16/h2-4,9,11,14,17H,5H2,1H3,(H,15,16). The topological polar surface area (TPSA) is 104 Å². The smallest absolute Gasteiger partial charge is 0.339 e. The highest BCUT2D eigenvalue weighted by molar-refractivity contribution is 6.33. The first-order chi connectivity index (χ1) is 8.86. The number of rotatable bonds is 5. The van der Waals surface area contributed by atoms with Crippen LogP contribution in [0.5, 0.6) is 0 Å². The van der Waals surface area contributed by atoms with Gasteiger partial charge in [-0.15, -0.1) is 0 Å². The molecule has 0 aliphatic carbocycles. The third kappa shape index (κ3) is 3.92. The van der Waals surface area contributed by atoms with Crippen LogP contribution in [0.1, 0.15) is 28.4 Å². The second kappa shape index (κ2) is 6.51. The van der Waals surface area contributed by atoms with Gasteiger partial charge in [0.15, 0.2) is 0 Å². The average Bonchev–Trinajstić information content (AvgIpc) is 2.36. The Morgan fingerprint density at radius 3 is 2.47 bits per heavy atom. The Morgan fingerprint density at radius 2 is 2.00 bits per heavy atom. The molecule has 104 valence electrons. The van der Waals surface area contributed by atoms with Crippen LogP contribution in [-0.2, 0) is 9.53 Å². The van der Waals surface area contributed by atoms with Crippen molar-refractivity contribution in [3.05, 3.63) is 34.3 Å². The molecule has 3 N–H and O–H groups in total. The fourth-order valence-corrected chi connectivity index (χ4v) is 1.77. The Hall–Kier alpha value is -1.63. The number of halogens is 1. The van der Waals surface area contributed by atoms with Gasteiger partial charge in [-0.3, -0.25) is 4.79 Å². The monoisotopic (exact) mass is 288 g/mol. The summed E-state index contributed by atoms with van der Waals surface area (Å²) in [5, 5.41) is 27.8. The lowest BCUT2D eigenvalue weighted by Gasteiger charge is -2.17. The predicted molar refractivity (Wildman–Crippen MR) is 66.0 cm³/mol. The van der Waals surface area contributed by atoms with Crippen molar-refractivity contribution >= 4 is 23.5 Å². The third-order valence-electron chi connectivity index (χ3n) is 2.49. The van der Waals surface area contributed by atoms with Gasteiger partial charge in [0.05, 0.1) is 30.2 Å². The largest absolute Gasteiger partial charge is 0.481 e. The van der Waals surface area contributed by atoms with Crippen molar-refractivity contribution in [2.45, 2.75) is 18.6 Å². The molecule has 0 aliphatic heterocycles. The molecule has 6 nitrogen and oxygen atoms in total. The number of carboxylic acid groups (broad SMARTS) is 1. The van der Waals surface area contributed by atoms with Crippen LogP contribution in [0.2, 0.25) is 5.02 Å². The van der Waals surface area contributed by atoms with E-state index in [1.807, 2.05) is 0 Å². The van der Waals surface area contributed by atoms with Gasteiger partial charge in [0.2, 0.25) is 0 Å². The van der Waals surface area contributed by atoms with E-state index in [9.17, 15) is 19.8 Å². The molecule has 2 unspecified atom stereocenters. The number of hydrogen-bond donors (Lipinski definition) is 3. The van der Waals surface area contributed by atoms with Gasteiger partial charge in [0, 0.05) is 0 Å². The van der Waals surface area contributed by atoms with Crippen molar-refractivity contribution in [1.82, 2.24) is 0 Å². The lowest BCUT2D eigenvalue weighted by molar-refractivity contribution is -0.141. The first kappa shape index (κ1) is 15.4. The molecular formula is C12H13ClO6. The predicted octanol–water partition coefficient (Wildman–Crippen LogP) is 0.996. The molecule has 0 bridgehead atoms. The van der Waals surface area contributed by atoms with E-state index in [2.05, 4.69) is 4.74 Å². The van der Waals surface area contributed by atoms with Crippen LogP contribution in [0.15, 0.2) is 18.2 Å². The van der Waals surface area contributed by atoms with E-state index in [4.69, 9.17) is 16.7 Å². The number of benzene rings is 1. The SMILES string of the molecule is COC(=O)c1ccc(C(O)C(O)CC(=O)O)cc1Cl. The summed E-state index contributed by atoms with van der Waals surface area (Å²) in [4.78, 5) is 21.7. The molecule has 0 heterocycles. The molecule has 1 rings (SSSR count). The van der Waals surface area contributed by atoms with E-state index >= 15 is 0 Å². The average molecular weight is 289 g/mol. The number of hydrogen-bond acceptors (Lipinski definition) is 5. The van der Waals surface area contributed by atoms with E-state index in [1.165, 1.54) is 25.3 Å². The van der Waals surface area contributed by atoms with E-state index in [-0.39, 0.29) is 16.1 Å². The lowest BCUT2D eigenvalue weighted by atomic mass is 10.0. The Kier molecular flexibility index (Phi) is 5.29. The number of aliphatic hydroxyl groups is 2. The summed E-state index contributed by atoms with van der Waals surface area (Å²) >= 11 is 5.85. The van der Waals surface area contributed by atoms with Gasteiger partial charge in [-0.05, 0) is 17.7 Å². The minimum atomic E-state index is -1.46. The zero-order valence-electron chi connectivity index (χ0n) is 10.0. The number of carboxylic acids is 1. The number of aliphatic carboxylic acids is 1. The van der Waals surface area contributed by atoms with Crippen molar-refractivity contribution in [3.63, 3.8) is 0 Å². The van der Waals surface area contributed by atoms with E-state index in [0.717, 1.165) is 0 Å². The molecule has 0 saturated heterocycles. The van der Waals surface area contributed by atoms with Crippen molar-refractivity contribution in [2.75, 3.05) is 7.11 Å². The molecule has 0 aromatic heterocycles. The second-order valence-corrected chi connectivity index (χ2v) is 4.25. The molecule has 0 fully saturated rings. The van der Waals surface area contributed by atoms with E-state index < -0.39 is 30.6 Å². The molecular weight excluding hydrogens is 276 g/mol. The van der Waals surface area contributed by atoms with Crippen LogP contribution in [0.25, 0.3) is 0 Å². The Balaban J connectivity index is 2.94. The molecule has 0 aliphatic rings. The summed E-state index contributed by atoms with van der Waals surface area (Å²) in [6, 6.07) is 3.98. The maximum Gasteiger partial charge on any atom is 0.339 e. The highest BCUT2D eigenvalue weighted by Crippen LogP contribution is 2.25. The summed E-state index contributed by atoms with van der Waals surface area (Å²) < 4.78 is 4.50. The summed E-state index contributed by atoms with van der Waals surface area (Å²) in [6.45, 7) is 0. The zero-order valence-corrected chi connectivity index (χ0v) is 10.8. The molecule has 19 heavy (non-hydrogen) atoms. The van der Waals surface area contributed by atoms with Gasteiger partial charge < -0.3 is 20.1 Å². The molecule has 0 radical (unpaired) electrons. The number of carbonyl (C=O) groups is 2. The summed E-state index contributed by atoms with van der Waals surface area (Å²) in [5.41, 5.74) is 0.333. The highest BCUT2D eigenvalue weighted by Gasteiger charge is 2.22. The van der Waals surface area contributed by atoms with Gasteiger partial charge in [-0.2, -0.15) is 0 Å². The van der Waals surface area contributed by atoms with Crippen LogP contribution in [0, 0.1) is 0 Å². The van der Waals surface area contributed by atoms with Crippen molar-refractivity contribution < 1.29 is 29.6 Å². The molecule has 2 atom stereocenters. The first-order valence-corrected chi connectivity index (χ1v) is 5.70. The highest BCUT2D eigenvalue weighted by atomic mass is 35.5. The first-order valence-electron chi connectivity index (χ1n) is 5.32. The van der Waals surface area contributed by atoms with Gasteiger partial charge in [-0.25, -0.2) is 4.79 Å². The normalized spacial score (nSPS) is 13.7. The number of aliphatic hydroxyl groups excluding tert-OH is 2. The Bertz CT molecular complexity index is 487. The van der Waals surface area contributed by atoms with Gasteiger partial charge in [0.1, 0.15) is 6.10 Å². The molecule has 1 aromatic rings. The van der Waals surface area contributed by atoms with Crippen LogP contribution < -0.4 is 0 Å². The summed E-state index contributed by atoms with van der Waals surface area (Å²) in [5.74, 6) is -1.86. The molecule has 0 spiro atoms. The Labute approximate surface area is 114 Å². The van der Waals surface area contributed by atoms with E-state index in [1.54, 1.807) is 0 Å². The second-order valence-electron chi connectivity index (χ2n) is 3.84. The van der Waals surface area contributed by atoms with Crippen LogP contribution in [0.3, 0.4) is 0 Å².